The number of ether oxygens (including phenoxy) is 1. The summed E-state index contributed by atoms with van der Waals surface area (Å²) in [6, 6.07) is 6.18. The van der Waals surface area contributed by atoms with Gasteiger partial charge >= 0.3 is 6.18 Å². The Morgan fingerprint density at radius 2 is 2.03 bits per heavy atom. The topological polar surface area (TPSA) is 79.9 Å². The van der Waals surface area contributed by atoms with Crippen LogP contribution in [0.3, 0.4) is 0 Å². The van der Waals surface area contributed by atoms with Crippen molar-refractivity contribution in [1.82, 2.24) is 19.7 Å². The average molecular weight is 508 g/mol. The second kappa shape index (κ2) is 9.89. The number of alkyl halides is 3. The molecule has 0 spiro atoms. The van der Waals surface area contributed by atoms with Crippen molar-refractivity contribution in [2.45, 2.75) is 38.4 Å². The number of nitrogens with zero attached hydrogens (tertiary/aromatic N) is 5. The van der Waals surface area contributed by atoms with Gasteiger partial charge in [0.2, 0.25) is 5.88 Å². The van der Waals surface area contributed by atoms with Crippen molar-refractivity contribution in [2.75, 3.05) is 24.8 Å². The first-order valence-electron chi connectivity index (χ1n) is 11.0. The van der Waals surface area contributed by atoms with Crippen LogP contribution in [0, 0.1) is 11.2 Å². The number of rotatable bonds is 7. The van der Waals surface area contributed by atoms with Gasteiger partial charge in [-0.1, -0.05) is 6.07 Å². The molecule has 3 aromatic rings. The van der Waals surface area contributed by atoms with E-state index in [0.29, 0.717) is 72.9 Å². The monoisotopic (exact) mass is 508 g/mol. The van der Waals surface area contributed by atoms with Crippen molar-refractivity contribution in [3.05, 3.63) is 53.1 Å². The van der Waals surface area contributed by atoms with Gasteiger partial charge in [-0.2, -0.15) is 13.2 Å². The third-order valence-corrected chi connectivity index (χ3v) is 6.27. The molecule has 0 bridgehead atoms. The fourth-order valence-electron chi connectivity index (χ4n) is 4.22. The summed E-state index contributed by atoms with van der Waals surface area (Å²) in [5, 5.41) is 12.3. The molecule has 1 aromatic carbocycles. The Morgan fingerprint density at radius 1 is 1.26 bits per heavy atom. The predicted octanol–water partition coefficient (Wildman–Crippen LogP) is 5.11. The van der Waals surface area contributed by atoms with Gasteiger partial charge in [0.05, 0.1) is 19.2 Å². The summed E-state index contributed by atoms with van der Waals surface area (Å²) in [5.74, 6) is -0.266. The number of pyridine rings is 1. The number of halogens is 4. The highest BCUT2D eigenvalue weighted by atomic mass is 31.0. The molecule has 0 radical (unpaired) electrons. The number of aromatic nitrogens is 4. The first-order valence-corrected chi connectivity index (χ1v) is 11.8. The van der Waals surface area contributed by atoms with E-state index in [0.717, 1.165) is 6.07 Å². The number of fused-ring (bicyclic) bond motifs is 1. The van der Waals surface area contributed by atoms with Gasteiger partial charge in [0.15, 0.2) is 5.82 Å². The Hall–Kier alpha value is -3.07. The second-order valence-electron chi connectivity index (χ2n) is 8.33. The van der Waals surface area contributed by atoms with Crippen LogP contribution in [0.25, 0.3) is 11.5 Å². The van der Waals surface area contributed by atoms with Crippen LogP contribution in [0.5, 0.6) is 5.88 Å². The summed E-state index contributed by atoms with van der Waals surface area (Å²) in [6.45, 7) is 2.70. The van der Waals surface area contributed by atoms with Crippen LogP contribution in [-0.4, -0.2) is 45.4 Å². The third kappa shape index (κ3) is 5.15. The van der Waals surface area contributed by atoms with Crippen molar-refractivity contribution < 1.29 is 22.3 Å². The first kappa shape index (κ1) is 25.0. The van der Waals surface area contributed by atoms with Crippen molar-refractivity contribution in [2.24, 2.45) is 0 Å². The highest BCUT2D eigenvalue weighted by Crippen LogP contribution is 2.38. The molecular weight excluding hydrogens is 483 g/mol. The minimum Gasteiger partial charge on any atom is -0.480 e. The molecule has 4 rings (SSSR count). The van der Waals surface area contributed by atoms with Crippen LogP contribution >= 0.6 is 9.24 Å². The molecule has 0 aliphatic carbocycles. The Kier molecular flexibility index (Phi) is 7.07. The van der Waals surface area contributed by atoms with E-state index in [4.69, 9.17) is 10.1 Å². The SMILES string of the molecule is COc1nc(-c2nc3n(n2)CCCC3c2ccc(C(F)(F)F)cc2F)ccc1N(CP)CC(C)=N. The molecule has 186 valence electrons. The lowest BCUT2D eigenvalue weighted by molar-refractivity contribution is -0.137. The lowest BCUT2D eigenvalue weighted by Gasteiger charge is -2.23. The molecule has 2 unspecified atom stereocenters. The van der Waals surface area contributed by atoms with Crippen LogP contribution < -0.4 is 9.64 Å². The largest absolute Gasteiger partial charge is 0.480 e. The number of anilines is 1. The van der Waals surface area contributed by atoms with Crippen LogP contribution in [0.1, 0.15) is 42.6 Å². The normalized spacial score (nSPS) is 15.6. The Morgan fingerprint density at radius 3 is 2.66 bits per heavy atom. The van der Waals surface area contributed by atoms with Gasteiger partial charge in [0.1, 0.15) is 23.0 Å². The van der Waals surface area contributed by atoms with Crippen molar-refractivity contribution >= 4 is 20.6 Å². The fourth-order valence-corrected chi connectivity index (χ4v) is 4.55. The number of hydrogen-bond acceptors (Lipinski definition) is 6. The molecule has 3 heterocycles. The number of hydrogen-bond donors (Lipinski definition) is 1. The number of benzene rings is 1. The minimum atomic E-state index is -4.61. The molecule has 7 nitrogen and oxygen atoms in total. The van der Waals surface area contributed by atoms with E-state index in [-0.39, 0.29) is 5.56 Å². The van der Waals surface area contributed by atoms with E-state index in [9.17, 15) is 17.6 Å². The molecule has 35 heavy (non-hydrogen) atoms. The van der Waals surface area contributed by atoms with Gasteiger partial charge < -0.3 is 15.0 Å². The molecule has 1 N–H and O–H groups in total. The Bertz CT molecular complexity index is 1250. The van der Waals surface area contributed by atoms with Crippen molar-refractivity contribution in [3.63, 3.8) is 0 Å². The summed E-state index contributed by atoms with van der Waals surface area (Å²) >= 11 is 0. The quantitative estimate of drug-likeness (QED) is 0.273. The molecule has 2 aromatic heterocycles. The molecule has 0 saturated heterocycles. The van der Waals surface area contributed by atoms with Gasteiger partial charge in [0, 0.05) is 24.5 Å². The highest BCUT2D eigenvalue weighted by molar-refractivity contribution is 7.16. The molecule has 0 fully saturated rings. The molecule has 1 aliphatic rings. The number of nitrogens with one attached hydrogen (secondary N) is 1. The smallest absolute Gasteiger partial charge is 0.416 e. The van der Waals surface area contributed by atoms with Gasteiger partial charge in [-0.25, -0.2) is 19.0 Å². The lowest BCUT2D eigenvalue weighted by Crippen LogP contribution is -2.27. The zero-order valence-corrected chi connectivity index (χ0v) is 20.4. The maximum Gasteiger partial charge on any atom is 0.416 e. The third-order valence-electron chi connectivity index (χ3n) is 5.83. The molecule has 12 heteroatoms. The fraction of sp³-hybridized carbons (Fsp3) is 0.391. The number of aryl methyl sites for hydroxylation is 1. The minimum absolute atomic E-state index is 0.164. The van der Waals surface area contributed by atoms with Crippen LogP contribution in [0.15, 0.2) is 30.3 Å². The first-order chi connectivity index (χ1) is 16.6. The zero-order valence-electron chi connectivity index (χ0n) is 19.2. The van der Waals surface area contributed by atoms with E-state index in [2.05, 4.69) is 24.3 Å². The van der Waals surface area contributed by atoms with Crippen molar-refractivity contribution in [3.8, 4) is 17.4 Å². The van der Waals surface area contributed by atoms with Crippen LogP contribution in [0.2, 0.25) is 0 Å². The van der Waals surface area contributed by atoms with E-state index in [1.54, 1.807) is 17.7 Å². The van der Waals surface area contributed by atoms with Crippen molar-refractivity contribution in [1.29, 1.82) is 5.41 Å². The Labute approximate surface area is 202 Å². The maximum atomic E-state index is 14.7. The van der Waals surface area contributed by atoms with E-state index < -0.39 is 23.5 Å². The van der Waals surface area contributed by atoms with Gasteiger partial charge in [-0.15, -0.1) is 14.3 Å². The average Bonchev–Trinajstić information content (AvgIpc) is 3.26. The molecular formula is C23H25F4N6OP. The summed E-state index contributed by atoms with van der Waals surface area (Å²) in [7, 11) is 4.12. The summed E-state index contributed by atoms with van der Waals surface area (Å²) in [5.41, 5.74) is 0.798. The number of methoxy groups -OCH3 is 1. The second-order valence-corrected chi connectivity index (χ2v) is 8.70. The van der Waals surface area contributed by atoms with E-state index in [1.807, 2.05) is 11.0 Å². The lowest BCUT2D eigenvalue weighted by atomic mass is 9.90. The predicted molar refractivity (Wildman–Crippen MR) is 128 cm³/mol. The molecule has 2 atom stereocenters. The summed E-state index contributed by atoms with van der Waals surface area (Å²) in [4.78, 5) is 11.1. The van der Waals surface area contributed by atoms with E-state index >= 15 is 0 Å². The summed E-state index contributed by atoms with van der Waals surface area (Å²) < 4.78 is 60.8. The Balaban J connectivity index is 1.69. The van der Waals surface area contributed by atoms with Gasteiger partial charge in [0.25, 0.3) is 0 Å². The van der Waals surface area contributed by atoms with Crippen LogP contribution in [-0.2, 0) is 12.7 Å². The van der Waals surface area contributed by atoms with Crippen LogP contribution in [0.4, 0.5) is 23.2 Å². The standard InChI is InChI=1S/C23H25F4N6OP/c1-13(28)11-32(12-35)19-8-7-18(29-22(19)34-2)20-30-21-16(4-3-9-33(21)31-20)15-6-5-14(10-17(15)24)23(25,26)27/h5-8,10,16,28H,3-4,9,11-12,35H2,1-2H3. The molecule has 1 aliphatic heterocycles. The summed E-state index contributed by atoms with van der Waals surface area (Å²) in [6.07, 6.45) is -2.81. The maximum absolute atomic E-state index is 14.7. The van der Waals surface area contributed by atoms with Gasteiger partial charge in [-0.3, -0.25) is 0 Å². The van der Waals surface area contributed by atoms with Gasteiger partial charge in [-0.05, 0) is 49.6 Å². The molecule has 0 amide bonds. The highest BCUT2D eigenvalue weighted by Gasteiger charge is 2.33. The molecule has 0 saturated carbocycles. The van der Waals surface area contributed by atoms with E-state index in [1.165, 1.54) is 13.2 Å². The zero-order chi connectivity index (χ0) is 25.3.